The van der Waals surface area contributed by atoms with Crippen molar-refractivity contribution in [2.75, 3.05) is 0 Å². The third-order valence-corrected chi connectivity index (χ3v) is 2.99. The van der Waals surface area contributed by atoms with Gasteiger partial charge in [0.2, 0.25) is 0 Å². The van der Waals surface area contributed by atoms with Crippen molar-refractivity contribution in [2.24, 2.45) is 0 Å². The summed E-state index contributed by atoms with van der Waals surface area (Å²) >= 11 is 2.93. The molecule has 0 saturated heterocycles. The van der Waals surface area contributed by atoms with Gasteiger partial charge in [-0.2, -0.15) is 8.78 Å². The van der Waals surface area contributed by atoms with E-state index in [0.717, 1.165) is 12.1 Å². The monoisotopic (exact) mass is 293 g/mol. The fraction of sp³-hybridized carbons (Fsp3) is 0.300. The molecule has 2 rings (SSSR count). The van der Waals surface area contributed by atoms with E-state index in [9.17, 15) is 18.0 Å². The predicted molar refractivity (Wildman–Crippen MR) is 54.9 cm³/mol. The standard InChI is InChI=1S/C10H7BrF3NO/c1-4-10(13,14)6-2-5(11)3-7(12)8(6)9(16)15-4/h2-4H,1H3,(H,15,16). The summed E-state index contributed by atoms with van der Waals surface area (Å²) in [5, 5.41) is 2.04. The van der Waals surface area contributed by atoms with Gasteiger partial charge in [0.15, 0.2) is 0 Å². The van der Waals surface area contributed by atoms with Gasteiger partial charge in [0.25, 0.3) is 11.8 Å². The molecule has 1 aliphatic heterocycles. The highest BCUT2D eigenvalue weighted by Gasteiger charge is 2.47. The van der Waals surface area contributed by atoms with Crippen LogP contribution in [0.3, 0.4) is 0 Å². The van der Waals surface area contributed by atoms with Gasteiger partial charge in [-0.05, 0) is 19.1 Å². The number of alkyl halides is 2. The van der Waals surface area contributed by atoms with E-state index in [1.165, 1.54) is 6.92 Å². The van der Waals surface area contributed by atoms with E-state index >= 15 is 0 Å². The van der Waals surface area contributed by atoms with Crippen molar-refractivity contribution in [2.45, 2.75) is 18.9 Å². The molecule has 1 amide bonds. The van der Waals surface area contributed by atoms with Crippen LogP contribution in [0.2, 0.25) is 0 Å². The van der Waals surface area contributed by atoms with Gasteiger partial charge in [-0.1, -0.05) is 15.9 Å². The van der Waals surface area contributed by atoms with Gasteiger partial charge >= 0.3 is 0 Å². The van der Waals surface area contributed by atoms with Crippen LogP contribution in [0.5, 0.6) is 0 Å². The van der Waals surface area contributed by atoms with Crippen LogP contribution < -0.4 is 5.32 Å². The minimum Gasteiger partial charge on any atom is -0.343 e. The van der Waals surface area contributed by atoms with Crippen molar-refractivity contribution >= 4 is 21.8 Å². The Bertz CT molecular complexity index is 475. The summed E-state index contributed by atoms with van der Waals surface area (Å²) < 4.78 is 41.1. The first-order valence-electron chi connectivity index (χ1n) is 4.52. The van der Waals surface area contributed by atoms with E-state index in [2.05, 4.69) is 15.9 Å². The van der Waals surface area contributed by atoms with Gasteiger partial charge in [0.05, 0.1) is 11.6 Å². The second kappa shape index (κ2) is 3.48. The molecule has 16 heavy (non-hydrogen) atoms. The first-order valence-corrected chi connectivity index (χ1v) is 5.31. The molecule has 0 bridgehead atoms. The highest BCUT2D eigenvalue weighted by atomic mass is 79.9. The van der Waals surface area contributed by atoms with E-state index in [-0.39, 0.29) is 4.47 Å². The molecule has 0 fully saturated rings. The zero-order valence-corrected chi connectivity index (χ0v) is 9.74. The number of rotatable bonds is 0. The summed E-state index contributed by atoms with van der Waals surface area (Å²) in [6.07, 6.45) is 0. The summed E-state index contributed by atoms with van der Waals surface area (Å²) in [6.45, 7) is 1.18. The normalized spacial score (nSPS) is 22.6. The maximum absolute atomic E-state index is 13.7. The first kappa shape index (κ1) is 11.4. The van der Waals surface area contributed by atoms with E-state index in [4.69, 9.17) is 0 Å². The molecule has 1 heterocycles. The van der Waals surface area contributed by atoms with Gasteiger partial charge in [0, 0.05) is 10.0 Å². The Morgan fingerprint density at radius 2 is 2.06 bits per heavy atom. The van der Waals surface area contributed by atoms with Gasteiger partial charge in [-0.3, -0.25) is 4.79 Å². The number of amides is 1. The highest BCUT2D eigenvalue weighted by molar-refractivity contribution is 9.10. The van der Waals surface area contributed by atoms with E-state index in [1.807, 2.05) is 5.32 Å². The molecule has 0 spiro atoms. The smallest absolute Gasteiger partial charge is 0.293 e. The Balaban J connectivity index is 2.74. The molecular weight excluding hydrogens is 287 g/mol. The van der Waals surface area contributed by atoms with Crippen LogP contribution in [0.15, 0.2) is 16.6 Å². The van der Waals surface area contributed by atoms with Crippen LogP contribution in [0.1, 0.15) is 22.8 Å². The SMILES string of the molecule is CC1NC(=O)c2c(F)cc(Br)cc2C1(F)F. The summed E-state index contributed by atoms with van der Waals surface area (Å²) in [7, 11) is 0. The molecule has 0 radical (unpaired) electrons. The second-order valence-electron chi connectivity index (χ2n) is 3.63. The molecule has 1 aliphatic rings. The fourth-order valence-corrected chi connectivity index (χ4v) is 2.09. The lowest BCUT2D eigenvalue weighted by molar-refractivity contribution is -0.0418. The zero-order chi connectivity index (χ0) is 12.1. The number of nitrogens with one attached hydrogen (secondary N) is 1. The van der Waals surface area contributed by atoms with Crippen LogP contribution in [0.25, 0.3) is 0 Å². The maximum atomic E-state index is 13.7. The van der Waals surface area contributed by atoms with Crippen molar-refractivity contribution in [1.82, 2.24) is 5.32 Å². The zero-order valence-electron chi connectivity index (χ0n) is 8.15. The number of carbonyl (C=O) groups excluding carboxylic acids is 1. The van der Waals surface area contributed by atoms with Gasteiger partial charge in [0.1, 0.15) is 5.82 Å². The second-order valence-corrected chi connectivity index (χ2v) is 4.54. The number of carbonyl (C=O) groups is 1. The third kappa shape index (κ3) is 1.52. The van der Waals surface area contributed by atoms with E-state index in [0.29, 0.717) is 0 Å². The molecule has 0 saturated carbocycles. The number of benzene rings is 1. The Labute approximate surface area is 98.0 Å². The molecule has 1 atom stereocenters. The highest BCUT2D eigenvalue weighted by Crippen LogP contribution is 2.39. The van der Waals surface area contributed by atoms with Crippen molar-refractivity contribution in [3.8, 4) is 0 Å². The van der Waals surface area contributed by atoms with Crippen LogP contribution in [-0.2, 0) is 5.92 Å². The van der Waals surface area contributed by atoms with Gasteiger partial charge in [-0.25, -0.2) is 4.39 Å². The van der Waals surface area contributed by atoms with Crippen molar-refractivity contribution in [1.29, 1.82) is 0 Å². The van der Waals surface area contributed by atoms with Crippen LogP contribution in [0.4, 0.5) is 13.2 Å². The lowest BCUT2D eigenvalue weighted by atomic mass is 9.92. The summed E-state index contributed by atoms with van der Waals surface area (Å²) in [5.41, 5.74) is -1.15. The van der Waals surface area contributed by atoms with Crippen LogP contribution in [-0.4, -0.2) is 11.9 Å². The quantitative estimate of drug-likeness (QED) is 0.783. The summed E-state index contributed by atoms with van der Waals surface area (Å²) in [5.74, 6) is -5.03. The predicted octanol–water partition coefficient (Wildman–Crippen LogP) is 2.81. The number of fused-ring (bicyclic) bond motifs is 1. The lowest BCUT2D eigenvalue weighted by Crippen LogP contribution is -2.49. The largest absolute Gasteiger partial charge is 0.343 e. The third-order valence-electron chi connectivity index (χ3n) is 2.53. The van der Waals surface area contributed by atoms with Gasteiger partial charge in [-0.15, -0.1) is 0 Å². The minimum atomic E-state index is -3.27. The van der Waals surface area contributed by atoms with Gasteiger partial charge < -0.3 is 5.32 Å². The topological polar surface area (TPSA) is 29.1 Å². The molecule has 1 N–H and O–H groups in total. The maximum Gasteiger partial charge on any atom is 0.293 e. The van der Waals surface area contributed by atoms with E-state index < -0.39 is 34.8 Å². The molecule has 1 unspecified atom stereocenters. The Morgan fingerprint density at radius 3 is 2.69 bits per heavy atom. The molecule has 0 aromatic heterocycles. The molecular formula is C10H7BrF3NO. The number of halogens is 4. The number of hydrogen-bond acceptors (Lipinski definition) is 1. The summed E-state index contributed by atoms with van der Waals surface area (Å²) in [6, 6.07) is 0.721. The molecule has 1 aromatic carbocycles. The molecule has 0 aliphatic carbocycles. The first-order chi connectivity index (χ1) is 7.34. The molecule has 2 nitrogen and oxygen atoms in total. The van der Waals surface area contributed by atoms with E-state index in [1.54, 1.807) is 0 Å². The molecule has 6 heteroatoms. The minimum absolute atomic E-state index is 0.185. The Hall–Kier alpha value is -1.04. The summed E-state index contributed by atoms with van der Waals surface area (Å²) in [4.78, 5) is 11.4. The van der Waals surface area contributed by atoms with Crippen LogP contribution >= 0.6 is 15.9 Å². The van der Waals surface area contributed by atoms with Crippen LogP contribution in [0, 0.1) is 5.82 Å². The molecule has 1 aromatic rings. The Kier molecular flexibility index (Phi) is 2.49. The number of hydrogen-bond donors (Lipinski definition) is 1. The van der Waals surface area contributed by atoms with Crippen molar-refractivity contribution in [3.63, 3.8) is 0 Å². The lowest BCUT2D eigenvalue weighted by Gasteiger charge is -2.31. The van der Waals surface area contributed by atoms with Crippen molar-refractivity contribution in [3.05, 3.63) is 33.5 Å². The average Bonchev–Trinajstić information content (AvgIpc) is 2.13. The average molecular weight is 294 g/mol. The fourth-order valence-electron chi connectivity index (χ4n) is 1.66. The molecule has 86 valence electrons. The van der Waals surface area contributed by atoms with Crippen molar-refractivity contribution < 1.29 is 18.0 Å². The Morgan fingerprint density at radius 1 is 1.44 bits per heavy atom.